The first-order valence-electron chi connectivity index (χ1n) is 11.1. The van der Waals surface area contributed by atoms with Gasteiger partial charge in [0, 0.05) is 5.69 Å². The zero-order valence-corrected chi connectivity index (χ0v) is 18.5. The maximum absolute atomic E-state index is 13.1. The molecule has 2 bridgehead atoms. The molecule has 2 saturated carbocycles. The van der Waals surface area contributed by atoms with Gasteiger partial charge in [0.25, 0.3) is 5.91 Å². The van der Waals surface area contributed by atoms with Gasteiger partial charge in [0.2, 0.25) is 11.8 Å². The number of fused-ring (bicyclic) bond motifs is 5. The van der Waals surface area contributed by atoms with Gasteiger partial charge in [-0.05, 0) is 68.1 Å². The molecule has 0 unspecified atom stereocenters. The number of carbonyl (C=O) groups is 4. The topological polar surface area (TPSA) is 92.8 Å². The van der Waals surface area contributed by atoms with Crippen LogP contribution in [-0.4, -0.2) is 41.2 Å². The van der Waals surface area contributed by atoms with Gasteiger partial charge in [0.05, 0.1) is 11.8 Å². The molecule has 0 aromatic heterocycles. The first kappa shape index (κ1) is 21.5. The third kappa shape index (κ3) is 3.64. The average Bonchev–Trinajstić information content (AvgIpc) is 3.40. The van der Waals surface area contributed by atoms with Crippen LogP contribution in [0.2, 0.25) is 0 Å². The number of anilines is 1. The number of hydrogen-bond acceptors (Lipinski definition) is 5. The predicted octanol–water partition coefficient (Wildman–Crippen LogP) is 2.84. The molecule has 4 rings (SSSR count). The van der Waals surface area contributed by atoms with Crippen molar-refractivity contribution in [3.8, 4) is 0 Å². The van der Waals surface area contributed by atoms with E-state index in [1.54, 1.807) is 19.9 Å². The molecule has 1 N–H and O–H groups in total. The van der Waals surface area contributed by atoms with Crippen molar-refractivity contribution in [1.29, 1.82) is 0 Å². The Morgan fingerprint density at radius 3 is 2.29 bits per heavy atom. The summed E-state index contributed by atoms with van der Waals surface area (Å²) in [4.78, 5) is 52.6. The van der Waals surface area contributed by atoms with Gasteiger partial charge in [-0.2, -0.15) is 0 Å². The molecule has 0 radical (unpaired) electrons. The second-order valence-corrected chi connectivity index (χ2v) is 9.52. The van der Waals surface area contributed by atoms with Gasteiger partial charge in [-0.25, -0.2) is 4.79 Å². The van der Waals surface area contributed by atoms with Crippen LogP contribution < -0.4 is 5.32 Å². The van der Waals surface area contributed by atoms with Crippen molar-refractivity contribution in [2.24, 2.45) is 29.6 Å². The molecule has 7 heteroatoms. The maximum Gasteiger partial charge on any atom is 0.330 e. The summed E-state index contributed by atoms with van der Waals surface area (Å²) < 4.78 is 5.27. The number of imide groups is 1. The van der Waals surface area contributed by atoms with E-state index in [4.69, 9.17) is 4.74 Å². The highest BCUT2D eigenvalue weighted by Crippen LogP contribution is 2.56. The number of amides is 3. The molecule has 1 aromatic rings. The quantitative estimate of drug-likeness (QED) is 0.558. The predicted molar refractivity (Wildman–Crippen MR) is 114 cm³/mol. The van der Waals surface area contributed by atoms with E-state index < -0.39 is 24.5 Å². The summed E-state index contributed by atoms with van der Waals surface area (Å²) in [6.45, 7) is 6.95. The Bertz CT molecular complexity index is 912. The summed E-state index contributed by atoms with van der Waals surface area (Å²) in [5.41, 5.74) is 2.64. The van der Waals surface area contributed by atoms with Gasteiger partial charge in [0.1, 0.15) is 6.04 Å². The average molecular weight is 427 g/mol. The minimum absolute atomic E-state index is 0.238. The molecule has 5 atom stereocenters. The Labute approximate surface area is 182 Å². The van der Waals surface area contributed by atoms with Gasteiger partial charge in [-0.3, -0.25) is 19.3 Å². The van der Waals surface area contributed by atoms with E-state index in [0.29, 0.717) is 5.69 Å². The van der Waals surface area contributed by atoms with E-state index in [-0.39, 0.29) is 41.4 Å². The molecule has 166 valence electrons. The van der Waals surface area contributed by atoms with Crippen molar-refractivity contribution < 1.29 is 23.9 Å². The zero-order valence-electron chi connectivity index (χ0n) is 18.5. The van der Waals surface area contributed by atoms with Crippen LogP contribution in [0.3, 0.4) is 0 Å². The van der Waals surface area contributed by atoms with E-state index in [9.17, 15) is 19.2 Å². The van der Waals surface area contributed by atoms with E-state index >= 15 is 0 Å². The SMILES string of the molecule is Cc1cccc(NC(=O)COC(=O)[C@@H](C(C)C)N2C(=O)[C@@H]3[C@H]4CC[C@@H](C4)[C@@H]3C2=O)c1C. The fraction of sp³-hybridized carbons (Fsp3) is 0.583. The molecular weight excluding hydrogens is 396 g/mol. The van der Waals surface area contributed by atoms with Gasteiger partial charge < -0.3 is 10.1 Å². The van der Waals surface area contributed by atoms with E-state index in [1.807, 2.05) is 26.0 Å². The number of hydrogen-bond donors (Lipinski definition) is 1. The molecule has 1 aromatic carbocycles. The van der Waals surface area contributed by atoms with Crippen LogP contribution in [0.25, 0.3) is 0 Å². The van der Waals surface area contributed by atoms with Crippen molar-refractivity contribution in [2.45, 2.75) is 53.0 Å². The Morgan fingerprint density at radius 2 is 1.71 bits per heavy atom. The second kappa shape index (κ2) is 8.09. The van der Waals surface area contributed by atoms with Crippen LogP contribution in [0.15, 0.2) is 18.2 Å². The summed E-state index contributed by atoms with van der Waals surface area (Å²) in [6, 6.07) is 4.57. The number of aryl methyl sites for hydroxylation is 1. The van der Waals surface area contributed by atoms with Crippen molar-refractivity contribution in [3.05, 3.63) is 29.3 Å². The fourth-order valence-electron chi connectivity index (χ4n) is 5.68. The van der Waals surface area contributed by atoms with Crippen LogP contribution in [0.1, 0.15) is 44.2 Å². The first-order valence-corrected chi connectivity index (χ1v) is 11.1. The summed E-state index contributed by atoms with van der Waals surface area (Å²) in [6.07, 6.45) is 2.90. The molecule has 31 heavy (non-hydrogen) atoms. The number of rotatable bonds is 6. The lowest BCUT2D eigenvalue weighted by Gasteiger charge is -2.28. The third-order valence-electron chi connectivity index (χ3n) is 7.34. The van der Waals surface area contributed by atoms with E-state index in [0.717, 1.165) is 35.3 Å². The monoisotopic (exact) mass is 426 g/mol. The molecule has 1 aliphatic heterocycles. The molecular formula is C24H30N2O5. The number of esters is 1. The lowest BCUT2D eigenvalue weighted by molar-refractivity contribution is -0.162. The van der Waals surface area contributed by atoms with Gasteiger partial charge in [0.15, 0.2) is 6.61 Å². The number of carbonyl (C=O) groups excluding carboxylic acids is 4. The molecule has 3 fully saturated rings. The van der Waals surface area contributed by atoms with Crippen molar-refractivity contribution >= 4 is 29.4 Å². The number of nitrogens with zero attached hydrogens (tertiary/aromatic N) is 1. The van der Waals surface area contributed by atoms with Gasteiger partial charge in [-0.15, -0.1) is 0 Å². The van der Waals surface area contributed by atoms with E-state index in [1.165, 1.54) is 0 Å². The molecule has 3 amide bonds. The second-order valence-electron chi connectivity index (χ2n) is 9.52. The largest absolute Gasteiger partial charge is 0.454 e. The van der Waals surface area contributed by atoms with Gasteiger partial charge in [-0.1, -0.05) is 26.0 Å². The Balaban J connectivity index is 1.42. The van der Waals surface area contributed by atoms with Crippen LogP contribution >= 0.6 is 0 Å². The highest BCUT2D eigenvalue weighted by atomic mass is 16.5. The number of benzene rings is 1. The molecule has 1 heterocycles. The summed E-state index contributed by atoms with van der Waals surface area (Å²) in [7, 11) is 0. The Morgan fingerprint density at radius 1 is 1.10 bits per heavy atom. The van der Waals surface area contributed by atoms with Crippen LogP contribution in [-0.2, 0) is 23.9 Å². The number of likely N-dealkylation sites (tertiary alicyclic amines) is 1. The molecule has 7 nitrogen and oxygen atoms in total. The standard InChI is InChI=1S/C24H30N2O5/c1-12(2)21(26-22(28)19-15-8-9-16(10-15)20(19)23(26)29)24(30)31-11-18(27)25-17-7-5-6-13(3)14(17)4/h5-7,12,15-16,19-21H,8-11H2,1-4H3,(H,25,27)/t15-,16-,19-,20+,21+/m0/s1. The molecule has 1 saturated heterocycles. The molecule has 3 aliphatic rings. The first-order chi connectivity index (χ1) is 14.7. The van der Waals surface area contributed by atoms with Crippen molar-refractivity contribution in [2.75, 3.05) is 11.9 Å². The van der Waals surface area contributed by atoms with Gasteiger partial charge >= 0.3 is 5.97 Å². The lowest BCUT2D eigenvalue weighted by atomic mass is 9.81. The van der Waals surface area contributed by atoms with Crippen LogP contribution in [0, 0.1) is 43.4 Å². The highest BCUT2D eigenvalue weighted by Gasteiger charge is 2.62. The van der Waals surface area contributed by atoms with E-state index in [2.05, 4.69) is 5.32 Å². The maximum atomic E-state index is 13.1. The normalized spacial score (nSPS) is 27.6. The van der Waals surface area contributed by atoms with Crippen LogP contribution in [0.4, 0.5) is 5.69 Å². The molecule has 0 spiro atoms. The summed E-state index contributed by atoms with van der Waals surface area (Å²) in [5.74, 6) is -2.01. The summed E-state index contributed by atoms with van der Waals surface area (Å²) in [5, 5.41) is 2.75. The third-order valence-corrected chi connectivity index (χ3v) is 7.34. The van der Waals surface area contributed by atoms with Crippen molar-refractivity contribution in [3.63, 3.8) is 0 Å². The van der Waals surface area contributed by atoms with Crippen molar-refractivity contribution in [1.82, 2.24) is 4.90 Å². The number of ether oxygens (including phenoxy) is 1. The Hall–Kier alpha value is -2.70. The minimum atomic E-state index is -1.00. The number of nitrogens with one attached hydrogen (secondary N) is 1. The minimum Gasteiger partial charge on any atom is -0.454 e. The summed E-state index contributed by atoms with van der Waals surface area (Å²) >= 11 is 0. The van der Waals surface area contributed by atoms with Crippen LogP contribution in [0.5, 0.6) is 0 Å². The smallest absolute Gasteiger partial charge is 0.330 e. The lowest BCUT2D eigenvalue weighted by Crippen LogP contribution is -2.50. The zero-order chi connectivity index (χ0) is 22.4. The fourth-order valence-corrected chi connectivity index (χ4v) is 5.68. The Kier molecular flexibility index (Phi) is 5.62. The molecule has 2 aliphatic carbocycles. The highest BCUT2D eigenvalue weighted by molar-refractivity contribution is 6.08.